The zero-order valence-electron chi connectivity index (χ0n) is 12.5. The van der Waals surface area contributed by atoms with Gasteiger partial charge in [-0.15, -0.1) is 0 Å². The second-order valence-corrected chi connectivity index (χ2v) is 5.89. The fourth-order valence-electron chi connectivity index (χ4n) is 3.73. The van der Waals surface area contributed by atoms with Crippen LogP contribution in [0.1, 0.15) is 39.0 Å². The van der Waals surface area contributed by atoms with Crippen molar-refractivity contribution in [3.8, 4) is 0 Å². The number of likely N-dealkylation sites (tertiary alicyclic amines) is 2. The molecule has 0 aromatic heterocycles. The van der Waals surface area contributed by atoms with E-state index in [4.69, 9.17) is 11.5 Å². The molecule has 0 saturated carbocycles. The van der Waals surface area contributed by atoms with Crippen molar-refractivity contribution in [1.82, 2.24) is 9.80 Å². The molecule has 118 valence electrons. The van der Waals surface area contributed by atoms with Gasteiger partial charge in [0.2, 0.25) is 17.7 Å². The van der Waals surface area contributed by atoms with E-state index < -0.39 is 23.4 Å². The number of nitrogens with two attached hydrogens (primary N) is 2. The Morgan fingerprint density at radius 1 is 1.29 bits per heavy atom. The fraction of sp³-hybridized carbons (Fsp3) is 0.786. The lowest BCUT2D eigenvalue weighted by atomic mass is 9.94. The van der Waals surface area contributed by atoms with Gasteiger partial charge in [-0.3, -0.25) is 19.3 Å². The van der Waals surface area contributed by atoms with Crippen LogP contribution < -0.4 is 11.5 Å². The van der Waals surface area contributed by atoms with Gasteiger partial charge in [0.25, 0.3) is 0 Å². The van der Waals surface area contributed by atoms with E-state index >= 15 is 0 Å². The van der Waals surface area contributed by atoms with Gasteiger partial charge >= 0.3 is 0 Å². The van der Waals surface area contributed by atoms with Gasteiger partial charge in [-0.1, -0.05) is 6.92 Å². The number of hydrogen-bond donors (Lipinski definition) is 2. The molecule has 0 aromatic rings. The van der Waals surface area contributed by atoms with E-state index in [1.807, 2.05) is 6.92 Å². The van der Waals surface area contributed by atoms with Crippen LogP contribution in [0, 0.1) is 0 Å². The van der Waals surface area contributed by atoms with Crippen LogP contribution in [-0.2, 0) is 14.4 Å². The lowest BCUT2D eigenvalue weighted by Gasteiger charge is -2.33. The monoisotopic (exact) mass is 296 g/mol. The Hall–Kier alpha value is -1.63. The SMILES string of the molecule is CCN1CCCC12CCN([C@@H](CCC(N)=O)C(N)=O)C2=O. The number of rotatable bonds is 6. The third-order valence-corrected chi connectivity index (χ3v) is 4.80. The Bertz CT molecular complexity index is 454. The van der Waals surface area contributed by atoms with E-state index in [1.165, 1.54) is 0 Å². The summed E-state index contributed by atoms with van der Waals surface area (Å²) < 4.78 is 0. The second-order valence-electron chi connectivity index (χ2n) is 5.89. The first-order chi connectivity index (χ1) is 9.92. The third kappa shape index (κ3) is 2.74. The normalized spacial score (nSPS) is 27.5. The van der Waals surface area contributed by atoms with Crippen LogP contribution in [0.5, 0.6) is 0 Å². The number of hydrogen-bond acceptors (Lipinski definition) is 4. The van der Waals surface area contributed by atoms with Crippen LogP contribution in [0.2, 0.25) is 0 Å². The maximum Gasteiger partial charge on any atom is 0.243 e. The molecule has 3 amide bonds. The molecule has 2 fully saturated rings. The molecule has 0 bridgehead atoms. The van der Waals surface area contributed by atoms with Gasteiger partial charge in [-0.2, -0.15) is 0 Å². The molecule has 2 heterocycles. The molecule has 0 aromatic carbocycles. The summed E-state index contributed by atoms with van der Waals surface area (Å²) in [4.78, 5) is 39.2. The van der Waals surface area contributed by atoms with E-state index in [1.54, 1.807) is 4.90 Å². The Labute approximate surface area is 124 Å². The van der Waals surface area contributed by atoms with E-state index in [0.29, 0.717) is 6.54 Å². The molecule has 4 N–H and O–H groups in total. The minimum atomic E-state index is -0.733. The summed E-state index contributed by atoms with van der Waals surface area (Å²) in [5.74, 6) is -1.07. The highest BCUT2D eigenvalue weighted by atomic mass is 16.2. The number of likely N-dealkylation sites (N-methyl/N-ethyl adjacent to an activating group) is 1. The van der Waals surface area contributed by atoms with Gasteiger partial charge in [0, 0.05) is 13.0 Å². The molecule has 1 unspecified atom stereocenters. The number of nitrogens with zero attached hydrogens (tertiary/aromatic N) is 2. The largest absolute Gasteiger partial charge is 0.370 e. The van der Waals surface area contributed by atoms with Crippen LogP contribution in [0.25, 0.3) is 0 Å². The highest BCUT2D eigenvalue weighted by Crippen LogP contribution is 2.39. The lowest BCUT2D eigenvalue weighted by molar-refractivity contribution is -0.143. The topological polar surface area (TPSA) is 110 Å². The summed E-state index contributed by atoms with van der Waals surface area (Å²) >= 11 is 0. The maximum absolute atomic E-state index is 12.8. The molecule has 7 nitrogen and oxygen atoms in total. The Morgan fingerprint density at radius 2 is 2.00 bits per heavy atom. The van der Waals surface area contributed by atoms with Crippen molar-refractivity contribution in [1.29, 1.82) is 0 Å². The first kappa shape index (κ1) is 15.8. The number of carbonyl (C=O) groups is 3. The molecule has 1 spiro atoms. The quantitative estimate of drug-likeness (QED) is 0.668. The first-order valence-corrected chi connectivity index (χ1v) is 7.56. The summed E-state index contributed by atoms with van der Waals surface area (Å²) in [6.45, 7) is 4.30. The summed E-state index contributed by atoms with van der Waals surface area (Å²) in [6, 6.07) is -0.733. The summed E-state index contributed by atoms with van der Waals surface area (Å²) in [7, 11) is 0. The van der Waals surface area contributed by atoms with Gasteiger partial charge in [0.15, 0.2) is 0 Å². The molecular weight excluding hydrogens is 272 g/mol. The molecule has 2 rings (SSSR count). The molecule has 0 aliphatic carbocycles. The average molecular weight is 296 g/mol. The van der Waals surface area contributed by atoms with Crippen LogP contribution in [0.4, 0.5) is 0 Å². The number of primary amides is 2. The zero-order valence-corrected chi connectivity index (χ0v) is 12.5. The van der Waals surface area contributed by atoms with Crippen molar-refractivity contribution in [2.75, 3.05) is 19.6 Å². The highest BCUT2D eigenvalue weighted by molar-refractivity contribution is 5.93. The van der Waals surface area contributed by atoms with Gasteiger partial charge < -0.3 is 16.4 Å². The van der Waals surface area contributed by atoms with Crippen molar-refractivity contribution in [2.45, 2.75) is 50.6 Å². The standard InChI is InChI=1S/C14H24N4O3/c1-2-17-8-3-6-14(17)7-9-18(13(14)21)10(12(16)20)4-5-11(15)19/h10H,2-9H2,1H3,(H2,15,19)(H2,16,20)/t10-,14?/m0/s1. The minimum Gasteiger partial charge on any atom is -0.370 e. The van der Waals surface area contributed by atoms with E-state index in [-0.39, 0.29) is 18.7 Å². The van der Waals surface area contributed by atoms with E-state index in [2.05, 4.69) is 4.90 Å². The number of carbonyl (C=O) groups excluding carboxylic acids is 3. The Balaban J connectivity index is 2.15. The summed E-state index contributed by atoms with van der Waals surface area (Å²) in [5, 5.41) is 0. The summed E-state index contributed by atoms with van der Waals surface area (Å²) in [5.41, 5.74) is 10.1. The maximum atomic E-state index is 12.8. The van der Waals surface area contributed by atoms with Crippen molar-refractivity contribution in [3.05, 3.63) is 0 Å². The summed E-state index contributed by atoms with van der Waals surface area (Å²) in [6.07, 6.45) is 2.81. The molecule has 2 saturated heterocycles. The van der Waals surface area contributed by atoms with Crippen LogP contribution in [-0.4, -0.2) is 58.7 Å². The predicted molar refractivity (Wildman–Crippen MR) is 77.0 cm³/mol. The van der Waals surface area contributed by atoms with Gasteiger partial charge in [0.1, 0.15) is 11.6 Å². The van der Waals surface area contributed by atoms with Crippen LogP contribution in [0.3, 0.4) is 0 Å². The third-order valence-electron chi connectivity index (χ3n) is 4.80. The molecule has 2 aliphatic rings. The molecule has 2 aliphatic heterocycles. The molecule has 7 heteroatoms. The minimum absolute atomic E-state index is 0.0184. The van der Waals surface area contributed by atoms with E-state index in [0.717, 1.165) is 32.4 Å². The Kier molecular flexibility index (Phi) is 4.51. The second kappa shape index (κ2) is 6.01. The Morgan fingerprint density at radius 3 is 2.57 bits per heavy atom. The smallest absolute Gasteiger partial charge is 0.243 e. The van der Waals surface area contributed by atoms with Crippen molar-refractivity contribution < 1.29 is 14.4 Å². The predicted octanol–water partition coefficient (Wildman–Crippen LogP) is -0.807. The molecule has 0 radical (unpaired) electrons. The van der Waals surface area contributed by atoms with E-state index in [9.17, 15) is 14.4 Å². The van der Waals surface area contributed by atoms with Crippen LogP contribution >= 0.6 is 0 Å². The molecule has 2 atom stereocenters. The van der Waals surface area contributed by atoms with Crippen molar-refractivity contribution >= 4 is 17.7 Å². The lowest BCUT2D eigenvalue weighted by Crippen LogP contribution is -2.54. The van der Waals surface area contributed by atoms with Gasteiger partial charge in [-0.25, -0.2) is 0 Å². The van der Waals surface area contributed by atoms with Crippen molar-refractivity contribution in [2.24, 2.45) is 11.5 Å². The first-order valence-electron chi connectivity index (χ1n) is 7.56. The van der Waals surface area contributed by atoms with Gasteiger partial charge in [0.05, 0.1) is 0 Å². The zero-order chi connectivity index (χ0) is 15.6. The fourth-order valence-corrected chi connectivity index (χ4v) is 3.73. The van der Waals surface area contributed by atoms with Gasteiger partial charge in [-0.05, 0) is 38.8 Å². The van der Waals surface area contributed by atoms with Crippen LogP contribution in [0.15, 0.2) is 0 Å². The molecule has 21 heavy (non-hydrogen) atoms. The average Bonchev–Trinajstić information content (AvgIpc) is 2.97. The molecular formula is C14H24N4O3. The highest BCUT2D eigenvalue weighted by Gasteiger charge is 2.54. The van der Waals surface area contributed by atoms with Crippen molar-refractivity contribution in [3.63, 3.8) is 0 Å². The number of amides is 3.